The third-order valence-electron chi connectivity index (χ3n) is 4.81. The van der Waals surface area contributed by atoms with Crippen LogP contribution >= 0.6 is 0 Å². The van der Waals surface area contributed by atoms with Gasteiger partial charge in [-0.2, -0.15) is 5.21 Å². The summed E-state index contributed by atoms with van der Waals surface area (Å²) in [4.78, 5) is 4.64. The van der Waals surface area contributed by atoms with Crippen LogP contribution in [0.25, 0.3) is 22.3 Å². The van der Waals surface area contributed by atoms with Crippen LogP contribution in [0.4, 0.5) is 0 Å². The number of hydrogen-bond donors (Lipinski definition) is 1. The van der Waals surface area contributed by atoms with Crippen molar-refractivity contribution in [1.29, 1.82) is 0 Å². The van der Waals surface area contributed by atoms with Gasteiger partial charge in [-0.15, -0.1) is 10.2 Å². The molecular weight excluding hydrogens is 390 g/mol. The van der Waals surface area contributed by atoms with Crippen molar-refractivity contribution in [3.05, 3.63) is 96.2 Å². The van der Waals surface area contributed by atoms with Gasteiger partial charge in [0.15, 0.2) is 0 Å². The fourth-order valence-corrected chi connectivity index (χ4v) is 3.20. The minimum Gasteiger partial charge on any atom is -0.489 e. The molecule has 0 saturated carbocycles. The highest BCUT2D eigenvalue weighted by atomic mass is 16.5. The molecule has 0 saturated heterocycles. The molecule has 0 unspecified atom stereocenters. The van der Waals surface area contributed by atoms with Gasteiger partial charge in [-0.25, -0.2) is 4.98 Å². The third kappa shape index (κ3) is 4.51. The van der Waals surface area contributed by atoms with E-state index in [1.54, 1.807) is 0 Å². The van der Waals surface area contributed by atoms with Gasteiger partial charge in [0.25, 0.3) is 0 Å². The highest BCUT2D eigenvalue weighted by molar-refractivity contribution is 5.78. The van der Waals surface area contributed by atoms with Crippen LogP contribution in [-0.2, 0) is 13.2 Å². The van der Waals surface area contributed by atoms with Gasteiger partial charge in [0.2, 0.25) is 5.82 Å². The minimum atomic E-state index is 0.420. The van der Waals surface area contributed by atoms with Crippen molar-refractivity contribution in [3.8, 4) is 22.9 Å². The van der Waals surface area contributed by atoms with E-state index >= 15 is 0 Å². The Balaban J connectivity index is 1.18. The molecule has 1 N–H and O–H groups in total. The van der Waals surface area contributed by atoms with Gasteiger partial charge >= 0.3 is 0 Å². The summed E-state index contributed by atoms with van der Waals surface area (Å²) in [5.41, 5.74) is 3.76. The summed E-state index contributed by atoms with van der Waals surface area (Å²) in [6.45, 7) is 0.867. The summed E-state index contributed by atoms with van der Waals surface area (Å²) in [6.07, 6.45) is 0. The Kier molecular flexibility index (Phi) is 5.22. The molecule has 0 fully saturated rings. The van der Waals surface area contributed by atoms with Gasteiger partial charge in [-0.05, 0) is 47.2 Å². The van der Waals surface area contributed by atoms with E-state index in [4.69, 9.17) is 9.47 Å². The second-order valence-corrected chi connectivity index (χ2v) is 6.98. The van der Waals surface area contributed by atoms with Gasteiger partial charge in [-0.1, -0.05) is 48.5 Å². The Morgan fingerprint density at radius 1 is 0.742 bits per heavy atom. The molecule has 152 valence electrons. The zero-order chi connectivity index (χ0) is 20.9. The Morgan fingerprint density at radius 2 is 1.61 bits per heavy atom. The van der Waals surface area contributed by atoms with Crippen LogP contribution in [0.1, 0.15) is 11.3 Å². The molecule has 0 amide bonds. The lowest BCUT2D eigenvalue weighted by Gasteiger charge is -2.09. The normalized spacial score (nSPS) is 10.8. The molecule has 31 heavy (non-hydrogen) atoms. The average molecular weight is 409 g/mol. The van der Waals surface area contributed by atoms with Gasteiger partial charge in [0, 0.05) is 10.9 Å². The number of benzene rings is 3. The number of ether oxygens (including phenoxy) is 2. The van der Waals surface area contributed by atoms with E-state index in [1.165, 1.54) is 0 Å². The lowest BCUT2D eigenvalue weighted by molar-refractivity contribution is 0.298. The van der Waals surface area contributed by atoms with Crippen molar-refractivity contribution in [1.82, 2.24) is 25.6 Å². The summed E-state index contributed by atoms with van der Waals surface area (Å²) in [5.74, 6) is 2.07. The number of para-hydroxylation sites is 1. The van der Waals surface area contributed by atoms with E-state index in [0.717, 1.165) is 39.2 Å². The number of aromatic amines is 1. The van der Waals surface area contributed by atoms with Crippen LogP contribution in [0.2, 0.25) is 0 Å². The highest BCUT2D eigenvalue weighted by Crippen LogP contribution is 2.22. The van der Waals surface area contributed by atoms with Crippen LogP contribution < -0.4 is 9.47 Å². The summed E-state index contributed by atoms with van der Waals surface area (Å²) in [7, 11) is 0. The monoisotopic (exact) mass is 409 g/mol. The van der Waals surface area contributed by atoms with Crippen molar-refractivity contribution < 1.29 is 9.47 Å². The van der Waals surface area contributed by atoms with Gasteiger partial charge < -0.3 is 9.47 Å². The average Bonchev–Trinajstić information content (AvgIpc) is 3.37. The maximum atomic E-state index is 5.90. The Hall–Kier alpha value is -4.26. The molecule has 0 radical (unpaired) electrons. The van der Waals surface area contributed by atoms with Crippen molar-refractivity contribution in [2.24, 2.45) is 0 Å². The SMILES string of the molecule is c1cc(OCc2ccc(OCc3ccc4ccccc4n3)cc2)cc(-c2nn[nH]n2)c1. The lowest BCUT2D eigenvalue weighted by Crippen LogP contribution is -1.99. The zero-order valence-corrected chi connectivity index (χ0v) is 16.6. The van der Waals surface area contributed by atoms with Crippen LogP contribution in [0.3, 0.4) is 0 Å². The number of nitrogens with zero attached hydrogens (tertiary/aromatic N) is 4. The van der Waals surface area contributed by atoms with Crippen molar-refractivity contribution in [2.75, 3.05) is 0 Å². The number of rotatable bonds is 7. The molecule has 0 aliphatic heterocycles. The molecule has 5 aromatic rings. The van der Waals surface area contributed by atoms with Crippen molar-refractivity contribution >= 4 is 10.9 Å². The van der Waals surface area contributed by atoms with Crippen LogP contribution in [0.5, 0.6) is 11.5 Å². The predicted octanol–water partition coefficient (Wildman–Crippen LogP) is 4.57. The first kappa shape index (κ1) is 18.7. The Labute approximate surface area is 178 Å². The Bertz CT molecular complexity index is 1290. The first-order valence-corrected chi connectivity index (χ1v) is 9.87. The quantitative estimate of drug-likeness (QED) is 0.424. The van der Waals surface area contributed by atoms with Crippen LogP contribution in [0, 0.1) is 0 Å². The summed E-state index contributed by atoms with van der Waals surface area (Å²) in [5, 5.41) is 15.1. The van der Waals surface area contributed by atoms with E-state index in [9.17, 15) is 0 Å². The predicted molar refractivity (Wildman–Crippen MR) is 116 cm³/mol. The molecule has 0 aliphatic carbocycles. The summed E-state index contributed by atoms with van der Waals surface area (Å²) >= 11 is 0. The smallest absolute Gasteiger partial charge is 0.204 e. The van der Waals surface area contributed by atoms with Crippen molar-refractivity contribution in [3.63, 3.8) is 0 Å². The molecule has 3 aromatic carbocycles. The Morgan fingerprint density at radius 3 is 2.48 bits per heavy atom. The molecule has 7 nitrogen and oxygen atoms in total. The molecular formula is C24H19N5O2. The number of H-pyrrole nitrogens is 1. The summed E-state index contributed by atoms with van der Waals surface area (Å²) < 4.78 is 11.8. The van der Waals surface area contributed by atoms with E-state index < -0.39 is 0 Å². The van der Waals surface area contributed by atoms with E-state index in [-0.39, 0.29) is 0 Å². The first-order valence-electron chi connectivity index (χ1n) is 9.87. The lowest BCUT2D eigenvalue weighted by atomic mass is 10.2. The molecule has 2 aromatic heterocycles. The number of nitrogens with one attached hydrogen (secondary N) is 1. The maximum Gasteiger partial charge on any atom is 0.204 e. The number of pyridine rings is 1. The molecule has 0 aliphatic rings. The largest absolute Gasteiger partial charge is 0.489 e. The number of fused-ring (bicyclic) bond motifs is 1. The van der Waals surface area contributed by atoms with Crippen LogP contribution in [0.15, 0.2) is 84.9 Å². The topological polar surface area (TPSA) is 85.8 Å². The van der Waals surface area contributed by atoms with Crippen LogP contribution in [-0.4, -0.2) is 25.6 Å². The van der Waals surface area contributed by atoms with E-state index in [2.05, 4.69) is 37.7 Å². The summed E-state index contributed by atoms with van der Waals surface area (Å²) in [6, 6.07) is 27.6. The second kappa shape index (κ2) is 8.62. The second-order valence-electron chi connectivity index (χ2n) is 6.98. The number of hydrogen-bond acceptors (Lipinski definition) is 6. The minimum absolute atomic E-state index is 0.420. The van der Waals surface area contributed by atoms with E-state index in [0.29, 0.717) is 19.0 Å². The molecule has 2 heterocycles. The highest BCUT2D eigenvalue weighted by Gasteiger charge is 2.05. The first-order chi connectivity index (χ1) is 15.3. The van der Waals surface area contributed by atoms with Gasteiger partial charge in [0.05, 0.1) is 11.2 Å². The molecule has 5 rings (SSSR count). The molecule has 7 heteroatoms. The molecule has 0 spiro atoms. The fourth-order valence-electron chi connectivity index (χ4n) is 3.20. The third-order valence-corrected chi connectivity index (χ3v) is 4.81. The molecule has 0 atom stereocenters. The zero-order valence-electron chi connectivity index (χ0n) is 16.6. The van der Waals surface area contributed by atoms with Gasteiger partial charge in [-0.3, -0.25) is 0 Å². The van der Waals surface area contributed by atoms with Gasteiger partial charge in [0.1, 0.15) is 24.7 Å². The van der Waals surface area contributed by atoms with Crippen molar-refractivity contribution in [2.45, 2.75) is 13.2 Å². The maximum absolute atomic E-state index is 5.90. The standard InChI is InChI=1S/C24H19N5O2/c1-2-7-23-18(4-1)10-11-20(25-23)16-31-21-12-8-17(9-13-21)15-30-22-6-3-5-19(14-22)24-26-28-29-27-24/h1-14H,15-16H2,(H,26,27,28,29). The number of aromatic nitrogens is 5. The fraction of sp³-hybridized carbons (Fsp3) is 0.0833. The number of tetrazole rings is 1. The van der Waals surface area contributed by atoms with E-state index in [1.807, 2.05) is 72.8 Å². The molecule has 0 bridgehead atoms.